The molecule has 1 aromatic carbocycles. The van der Waals surface area contributed by atoms with E-state index in [2.05, 4.69) is 5.32 Å². The van der Waals surface area contributed by atoms with Crippen molar-refractivity contribution in [2.24, 2.45) is 5.73 Å². The van der Waals surface area contributed by atoms with Gasteiger partial charge in [-0.05, 0) is 37.5 Å². The summed E-state index contributed by atoms with van der Waals surface area (Å²) >= 11 is 0. The molecule has 1 aromatic rings. The maximum atomic E-state index is 11.3. The van der Waals surface area contributed by atoms with Crippen LogP contribution >= 0.6 is 0 Å². The quantitative estimate of drug-likeness (QED) is 0.815. The van der Waals surface area contributed by atoms with Gasteiger partial charge in [-0.25, -0.2) is 0 Å². The summed E-state index contributed by atoms with van der Waals surface area (Å²) in [5, 5.41) is 2.76. The van der Waals surface area contributed by atoms with Gasteiger partial charge in [0.2, 0.25) is 5.91 Å². The highest BCUT2D eigenvalue weighted by atomic mass is 16.5. The van der Waals surface area contributed by atoms with Crippen LogP contribution in [0.4, 0.5) is 5.69 Å². The van der Waals surface area contributed by atoms with E-state index in [0.29, 0.717) is 11.4 Å². The molecule has 4 nitrogen and oxygen atoms in total. The third-order valence-electron chi connectivity index (χ3n) is 2.64. The Balaban J connectivity index is 3.25. The molecule has 3 N–H and O–H groups in total. The standard InChI is InChI=1S/C12H18N2O2/c1-7-5-8(2)11(14-10(15)6-13)12(16-4)9(7)3/h5H,6,13H2,1-4H3,(H,14,15). The molecule has 0 aliphatic carbocycles. The van der Waals surface area contributed by atoms with Gasteiger partial charge < -0.3 is 15.8 Å². The molecule has 88 valence electrons. The first-order valence-electron chi connectivity index (χ1n) is 5.16. The number of benzene rings is 1. The van der Waals surface area contributed by atoms with Crippen LogP contribution in [0.3, 0.4) is 0 Å². The summed E-state index contributed by atoms with van der Waals surface area (Å²) in [6, 6.07) is 2.02. The Morgan fingerprint density at radius 2 is 2.00 bits per heavy atom. The van der Waals surface area contributed by atoms with Crippen molar-refractivity contribution in [3.63, 3.8) is 0 Å². The second kappa shape index (κ2) is 4.99. The zero-order chi connectivity index (χ0) is 12.3. The van der Waals surface area contributed by atoms with Crippen LogP contribution in [0.2, 0.25) is 0 Å². The lowest BCUT2D eigenvalue weighted by Crippen LogP contribution is -2.22. The first-order chi connectivity index (χ1) is 7.51. The first kappa shape index (κ1) is 12.5. The fraction of sp³-hybridized carbons (Fsp3) is 0.417. The summed E-state index contributed by atoms with van der Waals surface area (Å²) in [4.78, 5) is 11.3. The molecular formula is C12H18N2O2. The van der Waals surface area contributed by atoms with Crippen LogP contribution in [0.5, 0.6) is 5.75 Å². The average molecular weight is 222 g/mol. The Labute approximate surface area is 95.8 Å². The Bertz CT molecular complexity index is 414. The molecule has 0 fully saturated rings. The SMILES string of the molecule is COc1c(C)c(C)cc(C)c1NC(=O)CN. The van der Waals surface area contributed by atoms with Crippen LogP contribution in [0.25, 0.3) is 0 Å². The highest BCUT2D eigenvalue weighted by molar-refractivity contribution is 5.94. The van der Waals surface area contributed by atoms with Crippen LogP contribution in [-0.4, -0.2) is 19.6 Å². The number of ether oxygens (including phenoxy) is 1. The second-order valence-corrected chi connectivity index (χ2v) is 3.80. The summed E-state index contributed by atoms with van der Waals surface area (Å²) in [6.45, 7) is 5.88. The van der Waals surface area contributed by atoms with Crippen LogP contribution in [0.15, 0.2) is 6.07 Å². The first-order valence-corrected chi connectivity index (χ1v) is 5.16. The number of carbonyl (C=O) groups excluding carboxylic acids is 1. The van der Waals surface area contributed by atoms with E-state index in [1.165, 1.54) is 0 Å². The van der Waals surface area contributed by atoms with Crippen molar-refractivity contribution in [1.82, 2.24) is 0 Å². The molecular weight excluding hydrogens is 204 g/mol. The van der Waals surface area contributed by atoms with Crippen molar-refractivity contribution in [3.8, 4) is 5.75 Å². The van der Waals surface area contributed by atoms with E-state index >= 15 is 0 Å². The molecule has 0 heterocycles. The second-order valence-electron chi connectivity index (χ2n) is 3.80. The molecule has 0 atom stereocenters. The number of hydrogen-bond acceptors (Lipinski definition) is 3. The van der Waals surface area contributed by atoms with Crippen LogP contribution in [-0.2, 0) is 4.79 Å². The maximum Gasteiger partial charge on any atom is 0.238 e. The van der Waals surface area contributed by atoms with Crippen molar-refractivity contribution in [2.75, 3.05) is 19.0 Å². The number of methoxy groups -OCH3 is 1. The lowest BCUT2D eigenvalue weighted by molar-refractivity contribution is -0.114. The van der Waals surface area contributed by atoms with Gasteiger partial charge >= 0.3 is 0 Å². The van der Waals surface area contributed by atoms with Gasteiger partial charge in [-0.2, -0.15) is 0 Å². The molecule has 0 aliphatic heterocycles. The number of nitrogens with one attached hydrogen (secondary N) is 1. The molecule has 0 saturated carbocycles. The van der Waals surface area contributed by atoms with E-state index in [0.717, 1.165) is 16.7 Å². The van der Waals surface area contributed by atoms with Crippen molar-refractivity contribution < 1.29 is 9.53 Å². The molecule has 0 aliphatic rings. The van der Waals surface area contributed by atoms with Gasteiger partial charge in [-0.15, -0.1) is 0 Å². The molecule has 0 spiro atoms. The molecule has 16 heavy (non-hydrogen) atoms. The highest BCUT2D eigenvalue weighted by Gasteiger charge is 2.13. The van der Waals surface area contributed by atoms with Gasteiger partial charge in [-0.1, -0.05) is 6.07 Å². The predicted octanol–water partition coefficient (Wildman–Crippen LogP) is 1.52. The molecule has 1 rings (SSSR count). The highest BCUT2D eigenvalue weighted by Crippen LogP contribution is 2.33. The van der Waals surface area contributed by atoms with Crippen molar-refractivity contribution in [2.45, 2.75) is 20.8 Å². The molecule has 0 saturated heterocycles. The lowest BCUT2D eigenvalue weighted by atomic mass is 10.0. The van der Waals surface area contributed by atoms with Gasteiger partial charge in [0.15, 0.2) is 0 Å². The third kappa shape index (κ3) is 2.33. The molecule has 4 heteroatoms. The zero-order valence-electron chi connectivity index (χ0n) is 10.2. The largest absolute Gasteiger partial charge is 0.494 e. The Morgan fingerprint density at radius 3 is 2.50 bits per heavy atom. The fourth-order valence-corrected chi connectivity index (χ4v) is 1.65. The van der Waals surface area contributed by atoms with Crippen molar-refractivity contribution >= 4 is 11.6 Å². The van der Waals surface area contributed by atoms with Crippen LogP contribution in [0.1, 0.15) is 16.7 Å². The van der Waals surface area contributed by atoms with Crippen molar-refractivity contribution in [1.29, 1.82) is 0 Å². The van der Waals surface area contributed by atoms with Gasteiger partial charge in [0, 0.05) is 0 Å². The van der Waals surface area contributed by atoms with Gasteiger partial charge in [-0.3, -0.25) is 4.79 Å². The predicted molar refractivity (Wildman–Crippen MR) is 64.9 cm³/mol. The van der Waals surface area contributed by atoms with Crippen LogP contribution in [0, 0.1) is 20.8 Å². The van der Waals surface area contributed by atoms with Gasteiger partial charge in [0.1, 0.15) is 5.75 Å². The normalized spacial score (nSPS) is 10.1. The number of amides is 1. The summed E-state index contributed by atoms with van der Waals surface area (Å²) in [7, 11) is 1.60. The van der Waals surface area contributed by atoms with E-state index < -0.39 is 0 Å². The summed E-state index contributed by atoms with van der Waals surface area (Å²) in [5.74, 6) is 0.490. The Morgan fingerprint density at radius 1 is 1.38 bits per heavy atom. The maximum absolute atomic E-state index is 11.3. The number of hydrogen-bond donors (Lipinski definition) is 2. The minimum Gasteiger partial charge on any atom is -0.494 e. The zero-order valence-corrected chi connectivity index (χ0v) is 10.2. The van der Waals surface area contributed by atoms with Crippen molar-refractivity contribution in [3.05, 3.63) is 22.8 Å². The molecule has 0 aromatic heterocycles. The smallest absolute Gasteiger partial charge is 0.238 e. The summed E-state index contributed by atoms with van der Waals surface area (Å²) in [6.07, 6.45) is 0. The fourth-order valence-electron chi connectivity index (χ4n) is 1.65. The van der Waals surface area contributed by atoms with Crippen LogP contribution < -0.4 is 15.8 Å². The minimum absolute atomic E-state index is 0.0322. The molecule has 0 bridgehead atoms. The number of carbonyl (C=O) groups is 1. The number of nitrogens with two attached hydrogens (primary N) is 1. The Hall–Kier alpha value is -1.55. The van der Waals surface area contributed by atoms with E-state index in [9.17, 15) is 4.79 Å². The molecule has 0 radical (unpaired) electrons. The molecule has 1 amide bonds. The van der Waals surface area contributed by atoms with E-state index in [1.807, 2.05) is 26.8 Å². The Kier molecular flexibility index (Phi) is 3.90. The monoisotopic (exact) mass is 222 g/mol. The van der Waals surface area contributed by atoms with E-state index in [1.54, 1.807) is 7.11 Å². The topological polar surface area (TPSA) is 64.3 Å². The number of anilines is 1. The van der Waals surface area contributed by atoms with Gasteiger partial charge in [0.25, 0.3) is 0 Å². The minimum atomic E-state index is -0.218. The third-order valence-corrected chi connectivity index (χ3v) is 2.64. The van der Waals surface area contributed by atoms with E-state index in [-0.39, 0.29) is 12.5 Å². The molecule has 0 unspecified atom stereocenters. The lowest BCUT2D eigenvalue weighted by Gasteiger charge is -2.16. The average Bonchev–Trinajstić information content (AvgIpc) is 2.26. The van der Waals surface area contributed by atoms with E-state index in [4.69, 9.17) is 10.5 Å². The van der Waals surface area contributed by atoms with Gasteiger partial charge in [0.05, 0.1) is 19.3 Å². The summed E-state index contributed by atoms with van der Waals surface area (Å²) in [5.41, 5.74) is 9.13. The summed E-state index contributed by atoms with van der Waals surface area (Å²) < 4.78 is 5.33. The number of rotatable bonds is 3. The number of aryl methyl sites for hydroxylation is 2.